The monoisotopic (exact) mass is 299 g/mol. The van der Waals surface area contributed by atoms with Gasteiger partial charge in [0.2, 0.25) is 0 Å². The predicted molar refractivity (Wildman–Crippen MR) is 90.6 cm³/mol. The average molecular weight is 299 g/mol. The third-order valence-electron chi connectivity index (χ3n) is 3.23. The highest BCUT2D eigenvalue weighted by Crippen LogP contribution is 2.31. The third-order valence-corrected chi connectivity index (χ3v) is 5.29. The minimum absolute atomic E-state index is 0.926. The Morgan fingerprint density at radius 2 is 2.00 bits per heavy atom. The summed E-state index contributed by atoms with van der Waals surface area (Å²) in [5, 5.41) is 6.88. The second-order valence-electron chi connectivity index (χ2n) is 4.72. The van der Waals surface area contributed by atoms with Gasteiger partial charge in [-0.25, -0.2) is 0 Å². The second-order valence-corrected chi connectivity index (χ2v) is 6.68. The largest absolute Gasteiger partial charge is 0.316 e. The maximum Gasteiger partial charge on any atom is 0.0345 e. The maximum atomic E-state index is 3.20. The van der Waals surface area contributed by atoms with Crippen molar-refractivity contribution in [1.29, 1.82) is 0 Å². The van der Waals surface area contributed by atoms with Gasteiger partial charge in [-0.2, -0.15) is 0 Å². The van der Waals surface area contributed by atoms with Crippen molar-refractivity contribution < 1.29 is 0 Å². The number of hydrogen-bond acceptors (Lipinski definition) is 3. The van der Waals surface area contributed by atoms with Crippen molar-refractivity contribution in [2.75, 3.05) is 7.05 Å². The average Bonchev–Trinajstić information content (AvgIpc) is 2.89. The Labute approximate surface area is 128 Å². The lowest BCUT2D eigenvalue weighted by Crippen LogP contribution is -2.04. The number of hydrogen-bond donors (Lipinski definition) is 1. The van der Waals surface area contributed by atoms with Crippen LogP contribution in [0.2, 0.25) is 0 Å². The highest BCUT2D eigenvalue weighted by Gasteiger charge is 2.04. The van der Waals surface area contributed by atoms with Gasteiger partial charge in [0.05, 0.1) is 0 Å². The van der Waals surface area contributed by atoms with E-state index in [4.69, 9.17) is 0 Å². The minimum Gasteiger partial charge on any atom is -0.316 e. The molecule has 0 aliphatic carbocycles. The van der Waals surface area contributed by atoms with E-state index in [2.05, 4.69) is 59.2 Å². The molecule has 0 atom stereocenters. The lowest BCUT2D eigenvalue weighted by molar-refractivity contribution is 0.815. The van der Waals surface area contributed by atoms with Crippen LogP contribution in [0.4, 0.5) is 0 Å². The molecule has 0 radical (unpaired) electrons. The van der Waals surface area contributed by atoms with Gasteiger partial charge in [0.15, 0.2) is 0 Å². The van der Waals surface area contributed by atoms with Crippen LogP contribution in [0.15, 0.2) is 58.8 Å². The fourth-order valence-corrected chi connectivity index (χ4v) is 4.29. The first-order chi connectivity index (χ1) is 9.86. The van der Waals surface area contributed by atoms with Gasteiger partial charge in [0, 0.05) is 21.9 Å². The summed E-state index contributed by atoms with van der Waals surface area (Å²) < 4.78 is 1.38. The van der Waals surface area contributed by atoms with E-state index in [0.29, 0.717) is 0 Å². The summed E-state index contributed by atoms with van der Waals surface area (Å²) in [6.07, 6.45) is 0. The second kappa shape index (κ2) is 6.44. The Bertz CT molecular complexity index is 703. The zero-order chi connectivity index (χ0) is 13.8. The SMILES string of the molecule is CNCc1cccc(SCc2csc3ccccc23)c1. The molecule has 3 aromatic rings. The number of thiophene rings is 1. The molecular weight excluding hydrogens is 282 g/mol. The normalized spacial score (nSPS) is 11.1. The molecule has 0 aliphatic heterocycles. The van der Waals surface area contributed by atoms with Crippen molar-refractivity contribution >= 4 is 33.2 Å². The van der Waals surface area contributed by atoms with Gasteiger partial charge in [-0.15, -0.1) is 23.1 Å². The van der Waals surface area contributed by atoms with Crippen LogP contribution < -0.4 is 5.32 Å². The lowest BCUT2D eigenvalue weighted by Gasteiger charge is -2.04. The smallest absolute Gasteiger partial charge is 0.0345 e. The van der Waals surface area contributed by atoms with Crippen molar-refractivity contribution in [3.05, 3.63) is 65.0 Å². The molecule has 3 heteroatoms. The van der Waals surface area contributed by atoms with Gasteiger partial charge in [-0.1, -0.05) is 30.3 Å². The first-order valence-electron chi connectivity index (χ1n) is 6.68. The quantitative estimate of drug-likeness (QED) is 0.672. The van der Waals surface area contributed by atoms with E-state index in [9.17, 15) is 0 Å². The molecule has 3 rings (SSSR count). The molecule has 0 saturated heterocycles. The predicted octanol–water partition coefficient (Wildman–Crippen LogP) is 4.91. The molecule has 0 bridgehead atoms. The molecule has 0 fully saturated rings. The van der Waals surface area contributed by atoms with Crippen molar-refractivity contribution in [3.63, 3.8) is 0 Å². The van der Waals surface area contributed by atoms with Gasteiger partial charge in [0.1, 0.15) is 0 Å². The third kappa shape index (κ3) is 3.06. The van der Waals surface area contributed by atoms with Crippen LogP contribution in [-0.4, -0.2) is 7.05 Å². The van der Waals surface area contributed by atoms with E-state index in [0.717, 1.165) is 12.3 Å². The highest BCUT2D eigenvalue weighted by molar-refractivity contribution is 7.98. The molecule has 0 unspecified atom stereocenters. The molecule has 0 spiro atoms. The Morgan fingerprint density at radius 1 is 1.10 bits per heavy atom. The van der Waals surface area contributed by atoms with Crippen molar-refractivity contribution in [3.8, 4) is 0 Å². The van der Waals surface area contributed by atoms with Gasteiger partial charge < -0.3 is 5.32 Å². The first kappa shape index (κ1) is 13.7. The van der Waals surface area contributed by atoms with Gasteiger partial charge in [-0.05, 0) is 47.1 Å². The Balaban J connectivity index is 1.74. The fraction of sp³-hybridized carbons (Fsp3) is 0.176. The van der Waals surface area contributed by atoms with Crippen molar-refractivity contribution in [1.82, 2.24) is 5.32 Å². The summed E-state index contributed by atoms with van der Waals surface area (Å²) >= 11 is 3.75. The molecule has 0 amide bonds. The molecular formula is C17H17NS2. The molecule has 102 valence electrons. The number of benzene rings is 2. The molecule has 20 heavy (non-hydrogen) atoms. The van der Waals surface area contributed by atoms with E-state index < -0.39 is 0 Å². The Morgan fingerprint density at radius 3 is 2.90 bits per heavy atom. The molecule has 1 nitrogen and oxygen atoms in total. The first-order valence-corrected chi connectivity index (χ1v) is 8.55. The molecule has 0 saturated carbocycles. The van der Waals surface area contributed by atoms with E-state index in [1.807, 2.05) is 30.1 Å². The lowest BCUT2D eigenvalue weighted by atomic mass is 10.2. The number of rotatable bonds is 5. The van der Waals surface area contributed by atoms with Crippen LogP contribution in [0.3, 0.4) is 0 Å². The zero-order valence-corrected chi connectivity index (χ0v) is 13.1. The molecule has 1 aromatic heterocycles. The standard InChI is InChI=1S/C17H17NS2/c1-18-10-13-5-4-6-15(9-13)19-11-14-12-20-17-8-3-2-7-16(14)17/h2-9,12,18H,10-11H2,1H3. The minimum atomic E-state index is 0.926. The van der Waals surface area contributed by atoms with Crippen LogP contribution in [0.1, 0.15) is 11.1 Å². The molecule has 2 aromatic carbocycles. The van der Waals surface area contributed by atoms with Crippen LogP contribution in [-0.2, 0) is 12.3 Å². The topological polar surface area (TPSA) is 12.0 Å². The summed E-state index contributed by atoms with van der Waals surface area (Å²) in [7, 11) is 1.98. The summed E-state index contributed by atoms with van der Waals surface area (Å²) in [5.74, 6) is 1.03. The van der Waals surface area contributed by atoms with Gasteiger partial charge in [-0.3, -0.25) is 0 Å². The molecule has 1 heterocycles. The number of nitrogens with one attached hydrogen (secondary N) is 1. The Hall–Kier alpha value is -1.29. The van der Waals surface area contributed by atoms with Gasteiger partial charge >= 0.3 is 0 Å². The van der Waals surface area contributed by atoms with Crippen molar-refractivity contribution in [2.45, 2.75) is 17.2 Å². The molecule has 0 aliphatic rings. The van der Waals surface area contributed by atoms with E-state index in [-0.39, 0.29) is 0 Å². The van der Waals surface area contributed by atoms with Crippen molar-refractivity contribution in [2.24, 2.45) is 0 Å². The van der Waals surface area contributed by atoms with Crippen LogP contribution in [0, 0.1) is 0 Å². The summed E-state index contributed by atoms with van der Waals surface area (Å²) in [6.45, 7) is 0.926. The fourth-order valence-electron chi connectivity index (χ4n) is 2.26. The van der Waals surface area contributed by atoms with E-state index >= 15 is 0 Å². The van der Waals surface area contributed by atoms with Crippen LogP contribution >= 0.6 is 23.1 Å². The number of thioether (sulfide) groups is 1. The summed E-state index contributed by atoms with van der Waals surface area (Å²) in [6, 6.07) is 17.4. The highest BCUT2D eigenvalue weighted by atomic mass is 32.2. The van der Waals surface area contributed by atoms with E-state index in [1.165, 1.54) is 26.1 Å². The molecule has 1 N–H and O–H groups in total. The number of fused-ring (bicyclic) bond motifs is 1. The maximum absolute atomic E-state index is 3.20. The van der Waals surface area contributed by atoms with E-state index in [1.54, 1.807) is 0 Å². The Kier molecular flexibility index (Phi) is 4.41. The van der Waals surface area contributed by atoms with Crippen LogP contribution in [0.25, 0.3) is 10.1 Å². The summed E-state index contributed by atoms with van der Waals surface area (Å²) in [4.78, 5) is 1.34. The van der Waals surface area contributed by atoms with Crippen LogP contribution in [0.5, 0.6) is 0 Å². The zero-order valence-electron chi connectivity index (χ0n) is 11.4. The van der Waals surface area contributed by atoms with Gasteiger partial charge in [0.25, 0.3) is 0 Å². The summed E-state index contributed by atoms with van der Waals surface area (Å²) in [5.41, 5.74) is 2.78.